The predicted molar refractivity (Wildman–Crippen MR) is 74.9 cm³/mol. The van der Waals surface area contributed by atoms with E-state index in [1.165, 1.54) is 0 Å². The van der Waals surface area contributed by atoms with Gasteiger partial charge in [-0.1, -0.05) is 19.1 Å². The fraction of sp³-hybridized carbons (Fsp3) is 0.533. The number of likely N-dealkylation sites (tertiary alicyclic amines) is 1. The Hall–Kier alpha value is -1.39. The van der Waals surface area contributed by atoms with E-state index in [0.717, 1.165) is 17.5 Å². The molecule has 0 spiro atoms. The van der Waals surface area contributed by atoms with Crippen molar-refractivity contribution in [1.82, 2.24) is 4.90 Å². The summed E-state index contributed by atoms with van der Waals surface area (Å²) in [5, 5.41) is 9.71. The van der Waals surface area contributed by atoms with E-state index >= 15 is 0 Å². The summed E-state index contributed by atoms with van der Waals surface area (Å²) in [5.41, 5.74) is 7.35. The number of rotatable bonds is 3. The lowest BCUT2D eigenvalue weighted by atomic mass is 9.96. The molecule has 0 radical (unpaired) electrons. The van der Waals surface area contributed by atoms with Crippen LogP contribution in [0.5, 0.6) is 0 Å². The predicted octanol–water partition coefficient (Wildman–Crippen LogP) is 1.03. The molecule has 1 saturated heterocycles. The first-order valence-electron chi connectivity index (χ1n) is 6.88. The van der Waals surface area contributed by atoms with Gasteiger partial charge in [-0.15, -0.1) is 0 Å². The second-order valence-corrected chi connectivity index (χ2v) is 5.32. The van der Waals surface area contributed by atoms with Crippen molar-refractivity contribution < 1.29 is 9.90 Å². The minimum Gasteiger partial charge on any atom is -0.393 e. The highest BCUT2D eigenvalue weighted by Gasteiger charge is 2.27. The number of carbonyl (C=O) groups excluding carboxylic acids is 1. The summed E-state index contributed by atoms with van der Waals surface area (Å²) in [6.45, 7) is 3.83. The second-order valence-electron chi connectivity index (χ2n) is 5.32. The lowest BCUT2D eigenvalue weighted by Crippen LogP contribution is -2.44. The van der Waals surface area contributed by atoms with Crippen LogP contribution in [0.25, 0.3) is 0 Å². The lowest BCUT2D eigenvalue weighted by molar-refractivity contribution is 0.0297. The monoisotopic (exact) mass is 262 g/mol. The van der Waals surface area contributed by atoms with Crippen LogP contribution in [0.1, 0.15) is 29.3 Å². The van der Waals surface area contributed by atoms with Gasteiger partial charge < -0.3 is 15.7 Å². The van der Waals surface area contributed by atoms with Crippen LogP contribution in [-0.2, 0) is 6.42 Å². The van der Waals surface area contributed by atoms with Gasteiger partial charge in [0, 0.05) is 18.7 Å². The van der Waals surface area contributed by atoms with Crippen molar-refractivity contribution in [2.45, 2.75) is 25.9 Å². The van der Waals surface area contributed by atoms with Crippen molar-refractivity contribution in [2.24, 2.45) is 11.7 Å². The number of piperidine rings is 1. The van der Waals surface area contributed by atoms with Crippen molar-refractivity contribution in [1.29, 1.82) is 0 Å². The molecule has 1 amide bonds. The average Bonchev–Trinajstić information content (AvgIpc) is 2.42. The summed E-state index contributed by atoms with van der Waals surface area (Å²) in [7, 11) is 0. The van der Waals surface area contributed by atoms with Crippen LogP contribution in [0.3, 0.4) is 0 Å². The van der Waals surface area contributed by atoms with Crippen LogP contribution in [0, 0.1) is 5.92 Å². The van der Waals surface area contributed by atoms with Crippen LogP contribution in [0.2, 0.25) is 0 Å². The number of aliphatic hydroxyl groups is 1. The Balaban J connectivity index is 2.09. The van der Waals surface area contributed by atoms with Gasteiger partial charge in [-0.25, -0.2) is 0 Å². The third kappa shape index (κ3) is 3.33. The molecule has 0 bridgehead atoms. The van der Waals surface area contributed by atoms with Crippen molar-refractivity contribution in [2.75, 3.05) is 19.6 Å². The van der Waals surface area contributed by atoms with Crippen molar-refractivity contribution in [3.8, 4) is 0 Å². The van der Waals surface area contributed by atoms with E-state index in [1.807, 2.05) is 36.1 Å². The quantitative estimate of drug-likeness (QED) is 0.855. The number of hydrogen-bond acceptors (Lipinski definition) is 3. The summed E-state index contributed by atoms with van der Waals surface area (Å²) in [6.07, 6.45) is 1.17. The molecule has 0 aromatic heterocycles. The van der Waals surface area contributed by atoms with E-state index in [0.29, 0.717) is 26.1 Å². The molecule has 0 saturated carbocycles. The van der Waals surface area contributed by atoms with Gasteiger partial charge in [-0.3, -0.25) is 4.79 Å². The van der Waals surface area contributed by atoms with Crippen LogP contribution < -0.4 is 5.73 Å². The minimum atomic E-state index is -0.285. The topological polar surface area (TPSA) is 66.6 Å². The largest absolute Gasteiger partial charge is 0.393 e. The number of amides is 1. The molecule has 3 N–H and O–H groups in total. The number of hydrogen-bond donors (Lipinski definition) is 2. The van der Waals surface area contributed by atoms with Gasteiger partial charge in [0.25, 0.3) is 5.91 Å². The molecule has 19 heavy (non-hydrogen) atoms. The summed E-state index contributed by atoms with van der Waals surface area (Å²) in [4.78, 5) is 14.3. The van der Waals surface area contributed by atoms with Gasteiger partial charge in [0.05, 0.1) is 6.10 Å². The molecule has 1 heterocycles. The number of carbonyl (C=O) groups is 1. The number of aliphatic hydroxyl groups excluding tert-OH is 1. The van der Waals surface area contributed by atoms with Crippen molar-refractivity contribution >= 4 is 5.91 Å². The lowest BCUT2D eigenvalue weighted by Gasteiger charge is -2.34. The highest BCUT2D eigenvalue weighted by Crippen LogP contribution is 2.19. The summed E-state index contributed by atoms with van der Waals surface area (Å²) in [5.74, 6) is 0.197. The molecule has 0 aliphatic carbocycles. The molecular formula is C15H22N2O2. The summed E-state index contributed by atoms with van der Waals surface area (Å²) < 4.78 is 0. The molecule has 2 unspecified atom stereocenters. The molecule has 1 aromatic carbocycles. The molecule has 1 aliphatic rings. The van der Waals surface area contributed by atoms with Gasteiger partial charge >= 0.3 is 0 Å². The van der Waals surface area contributed by atoms with E-state index in [9.17, 15) is 9.90 Å². The molecule has 1 aromatic rings. The molecule has 4 nitrogen and oxygen atoms in total. The molecule has 4 heteroatoms. The Morgan fingerprint density at radius 3 is 3.00 bits per heavy atom. The fourth-order valence-electron chi connectivity index (χ4n) is 2.53. The first-order chi connectivity index (χ1) is 9.11. The molecule has 1 fully saturated rings. The van der Waals surface area contributed by atoms with Crippen LogP contribution in [0.15, 0.2) is 24.3 Å². The molecular weight excluding hydrogens is 240 g/mol. The maximum Gasteiger partial charge on any atom is 0.253 e. The average molecular weight is 262 g/mol. The van der Waals surface area contributed by atoms with Gasteiger partial charge in [0.15, 0.2) is 0 Å². The minimum absolute atomic E-state index is 0.0534. The first-order valence-corrected chi connectivity index (χ1v) is 6.88. The van der Waals surface area contributed by atoms with Gasteiger partial charge in [0.2, 0.25) is 0 Å². The molecule has 2 atom stereocenters. The first kappa shape index (κ1) is 14.0. The summed E-state index contributed by atoms with van der Waals surface area (Å²) in [6, 6.07) is 7.66. The fourth-order valence-corrected chi connectivity index (χ4v) is 2.53. The van der Waals surface area contributed by atoms with E-state index in [-0.39, 0.29) is 17.9 Å². The third-order valence-corrected chi connectivity index (χ3v) is 3.75. The third-order valence-electron chi connectivity index (χ3n) is 3.75. The highest BCUT2D eigenvalue weighted by molar-refractivity contribution is 5.94. The molecule has 1 aliphatic heterocycles. The van der Waals surface area contributed by atoms with Crippen LogP contribution >= 0.6 is 0 Å². The second kappa shape index (κ2) is 6.17. The van der Waals surface area contributed by atoms with E-state index in [2.05, 4.69) is 0 Å². The van der Waals surface area contributed by atoms with Gasteiger partial charge in [-0.05, 0) is 43.0 Å². The van der Waals surface area contributed by atoms with E-state index in [1.54, 1.807) is 0 Å². The Morgan fingerprint density at radius 2 is 2.32 bits per heavy atom. The molecule has 2 rings (SSSR count). The number of nitrogens with two attached hydrogens (primary N) is 1. The van der Waals surface area contributed by atoms with Gasteiger partial charge in [0.1, 0.15) is 0 Å². The zero-order valence-electron chi connectivity index (χ0n) is 11.4. The number of benzene rings is 1. The summed E-state index contributed by atoms with van der Waals surface area (Å²) >= 11 is 0. The Labute approximate surface area is 114 Å². The van der Waals surface area contributed by atoms with Crippen molar-refractivity contribution in [3.63, 3.8) is 0 Å². The Kier molecular flexibility index (Phi) is 4.56. The SMILES string of the molecule is CC1CN(C(=O)c2cccc(CCN)c2)CCC1O. The Bertz CT molecular complexity index is 448. The Morgan fingerprint density at radius 1 is 1.53 bits per heavy atom. The van der Waals surface area contributed by atoms with Gasteiger partial charge in [-0.2, -0.15) is 0 Å². The van der Waals surface area contributed by atoms with E-state index < -0.39 is 0 Å². The standard InChI is InChI=1S/C15H22N2O2/c1-11-10-17(8-6-14(11)18)15(19)13-4-2-3-12(9-13)5-7-16/h2-4,9,11,14,18H,5-8,10,16H2,1H3. The normalized spacial score (nSPS) is 23.4. The van der Waals surface area contributed by atoms with Crippen molar-refractivity contribution in [3.05, 3.63) is 35.4 Å². The van der Waals surface area contributed by atoms with E-state index in [4.69, 9.17) is 5.73 Å². The maximum atomic E-state index is 12.4. The smallest absolute Gasteiger partial charge is 0.253 e. The zero-order valence-corrected chi connectivity index (χ0v) is 11.4. The zero-order chi connectivity index (χ0) is 13.8. The maximum absolute atomic E-state index is 12.4. The highest BCUT2D eigenvalue weighted by atomic mass is 16.3. The van der Waals surface area contributed by atoms with Crippen LogP contribution in [-0.4, -0.2) is 41.7 Å². The molecule has 104 valence electrons. The number of nitrogens with zero attached hydrogens (tertiary/aromatic N) is 1. The van der Waals surface area contributed by atoms with Crippen LogP contribution in [0.4, 0.5) is 0 Å².